The summed E-state index contributed by atoms with van der Waals surface area (Å²) in [6.07, 6.45) is 3.60. The maximum absolute atomic E-state index is 12.9. The Balaban J connectivity index is 1.68. The van der Waals surface area contributed by atoms with Crippen LogP contribution in [-0.2, 0) is 17.8 Å². The molecule has 1 unspecified atom stereocenters. The van der Waals surface area contributed by atoms with Gasteiger partial charge < -0.3 is 10.2 Å². The van der Waals surface area contributed by atoms with Gasteiger partial charge in [-0.3, -0.25) is 14.3 Å². The quantitative estimate of drug-likeness (QED) is 0.733. The fourth-order valence-electron chi connectivity index (χ4n) is 4.37. The molecule has 6 nitrogen and oxygen atoms in total. The van der Waals surface area contributed by atoms with Crippen LogP contribution in [0.15, 0.2) is 18.2 Å². The Labute approximate surface area is 186 Å². The number of anilines is 1. The third-order valence-corrected chi connectivity index (χ3v) is 6.22. The molecule has 2 amide bonds. The number of carbonyl (C=O) groups excluding carboxylic acids is 2. The van der Waals surface area contributed by atoms with Crippen LogP contribution in [0, 0.1) is 26.7 Å². The van der Waals surface area contributed by atoms with Crippen molar-refractivity contribution in [1.82, 2.24) is 14.7 Å². The van der Waals surface area contributed by atoms with Crippen molar-refractivity contribution in [3.63, 3.8) is 0 Å². The molecule has 1 aliphatic rings. The normalized spacial score (nSPS) is 16.6. The molecule has 6 heteroatoms. The summed E-state index contributed by atoms with van der Waals surface area (Å²) < 4.78 is 2.00. The molecule has 168 valence electrons. The van der Waals surface area contributed by atoms with Gasteiger partial charge in [-0.05, 0) is 76.6 Å². The van der Waals surface area contributed by atoms with E-state index in [9.17, 15) is 9.59 Å². The van der Waals surface area contributed by atoms with Crippen molar-refractivity contribution in [2.45, 2.75) is 79.8 Å². The number of nitrogens with zero attached hydrogens (tertiary/aromatic N) is 3. The van der Waals surface area contributed by atoms with Crippen LogP contribution in [0.2, 0.25) is 0 Å². The fourth-order valence-corrected chi connectivity index (χ4v) is 4.37. The highest BCUT2D eigenvalue weighted by Crippen LogP contribution is 2.23. The first-order valence-corrected chi connectivity index (χ1v) is 11.4. The minimum atomic E-state index is -0.0675. The van der Waals surface area contributed by atoms with Gasteiger partial charge in [0, 0.05) is 41.6 Å². The molecule has 1 fully saturated rings. The maximum atomic E-state index is 12.9. The monoisotopic (exact) mass is 424 g/mol. The van der Waals surface area contributed by atoms with Crippen LogP contribution in [-0.4, -0.2) is 39.1 Å². The molecule has 0 bridgehead atoms. The highest BCUT2D eigenvalue weighted by Gasteiger charge is 2.24. The van der Waals surface area contributed by atoms with Crippen LogP contribution >= 0.6 is 0 Å². The molecule has 0 radical (unpaired) electrons. The summed E-state index contributed by atoms with van der Waals surface area (Å²) in [4.78, 5) is 27.6. The first-order chi connectivity index (χ1) is 14.7. The van der Waals surface area contributed by atoms with Gasteiger partial charge in [-0.15, -0.1) is 0 Å². The zero-order valence-electron chi connectivity index (χ0n) is 19.8. The van der Waals surface area contributed by atoms with Gasteiger partial charge in [0.15, 0.2) is 0 Å². The van der Waals surface area contributed by atoms with Crippen molar-refractivity contribution in [3.05, 3.63) is 46.3 Å². The van der Waals surface area contributed by atoms with Crippen LogP contribution in [0.5, 0.6) is 0 Å². The van der Waals surface area contributed by atoms with E-state index in [0.717, 1.165) is 54.1 Å². The second kappa shape index (κ2) is 9.67. The minimum Gasteiger partial charge on any atom is -0.336 e. The first kappa shape index (κ1) is 23.0. The van der Waals surface area contributed by atoms with Crippen LogP contribution in [0.4, 0.5) is 5.69 Å². The summed E-state index contributed by atoms with van der Waals surface area (Å²) in [6.45, 7) is 14.0. The van der Waals surface area contributed by atoms with Crippen molar-refractivity contribution in [3.8, 4) is 0 Å². The molecule has 0 saturated carbocycles. The Morgan fingerprint density at radius 1 is 1.19 bits per heavy atom. The van der Waals surface area contributed by atoms with E-state index >= 15 is 0 Å². The van der Waals surface area contributed by atoms with Crippen LogP contribution < -0.4 is 5.32 Å². The van der Waals surface area contributed by atoms with E-state index < -0.39 is 0 Å². The Bertz CT molecular complexity index is 961. The van der Waals surface area contributed by atoms with Crippen molar-refractivity contribution < 1.29 is 9.59 Å². The maximum Gasteiger partial charge on any atom is 0.254 e. The van der Waals surface area contributed by atoms with Gasteiger partial charge in [0.25, 0.3) is 5.91 Å². The van der Waals surface area contributed by atoms with E-state index in [1.165, 1.54) is 6.42 Å². The van der Waals surface area contributed by atoms with Crippen LogP contribution in [0.1, 0.15) is 72.9 Å². The molecule has 31 heavy (non-hydrogen) atoms. The smallest absolute Gasteiger partial charge is 0.254 e. The lowest BCUT2D eigenvalue weighted by molar-refractivity contribution is -0.115. The molecule has 1 N–H and O–H groups in total. The van der Waals surface area contributed by atoms with Crippen molar-refractivity contribution in [2.24, 2.45) is 5.92 Å². The molecule has 1 aromatic carbocycles. The average molecular weight is 425 g/mol. The molecule has 0 spiro atoms. The Morgan fingerprint density at radius 2 is 1.94 bits per heavy atom. The molecule has 1 atom stereocenters. The van der Waals surface area contributed by atoms with E-state index in [1.807, 2.05) is 48.6 Å². The van der Waals surface area contributed by atoms with Gasteiger partial charge in [-0.2, -0.15) is 5.10 Å². The number of aromatic nitrogens is 2. The SMILES string of the molecule is Cc1cc(C(=O)N2CCCCC2C)ccc1NC(=O)Cc1c(C)nn(CC(C)C)c1C. The molecule has 3 rings (SSSR count). The summed E-state index contributed by atoms with van der Waals surface area (Å²) >= 11 is 0. The predicted octanol–water partition coefficient (Wildman–Crippen LogP) is 4.66. The Hall–Kier alpha value is -2.63. The third kappa shape index (κ3) is 5.35. The second-order valence-corrected chi connectivity index (χ2v) is 9.32. The number of carbonyl (C=O) groups is 2. The topological polar surface area (TPSA) is 67.2 Å². The number of amides is 2. The van der Waals surface area contributed by atoms with Gasteiger partial charge in [-0.25, -0.2) is 0 Å². The predicted molar refractivity (Wildman–Crippen MR) is 124 cm³/mol. The second-order valence-electron chi connectivity index (χ2n) is 9.32. The minimum absolute atomic E-state index is 0.0675. The van der Waals surface area contributed by atoms with E-state index in [-0.39, 0.29) is 17.9 Å². The van der Waals surface area contributed by atoms with Crippen LogP contribution in [0.3, 0.4) is 0 Å². The first-order valence-electron chi connectivity index (χ1n) is 11.4. The van der Waals surface area contributed by atoms with Crippen molar-refractivity contribution in [1.29, 1.82) is 0 Å². The number of hydrogen-bond acceptors (Lipinski definition) is 3. The van der Waals surface area contributed by atoms with E-state index in [2.05, 4.69) is 31.2 Å². The van der Waals surface area contributed by atoms with Gasteiger partial charge >= 0.3 is 0 Å². The fraction of sp³-hybridized carbons (Fsp3) is 0.560. The number of hydrogen-bond donors (Lipinski definition) is 1. The lowest BCUT2D eigenvalue weighted by Gasteiger charge is -2.33. The van der Waals surface area contributed by atoms with E-state index in [4.69, 9.17) is 0 Å². The lowest BCUT2D eigenvalue weighted by atomic mass is 10.0. The van der Waals surface area contributed by atoms with Crippen LogP contribution in [0.25, 0.3) is 0 Å². The van der Waals surface area contributed by atoms with Gasteiger partial charge in [0.05, 0.1) is 12.1 Å². The highest BCUT2D eigenvalue weighted by molar-refractivity contribution is 5.97. The zero-order valence-corrected chi connectivity index (χ0v) is 19.8. The summed E-state index contributed by atoms with van der Waals surface area (Å²) in [7, 11) is 0. The Kier molecular flexibility index (Phi) is 7.19. The number of aryl methyl sites for hydroxylation is 2. The molecular formula is C25H36N4O2. The summed E-state index contributed by atoms with van der Waals surface area (Å²) in [5, 5.41) is 7.62. The molecule has 1 saturated heterocycles. The van der Waals surface area contributed by atoms with Gasteiger partial charge in [-0.1, -0.05) is 13.8 Å². The van der Waals surface area contributed by atoms with Crippen molar-refractivity contribution in [2.75, 3.05) is 11.9 Å². The number of benzene rings is 1. The largest absolute Gasteiger partial charge is 0.336 e. The highest BCUT2D eigenvalue weighted by atomic mass is 16.2. The van der Waals surface area contributed by atoms with Gasteiger partial charge in [0.2, 0.25) is 5.91 Å². The van der Waals surface area contributed by atoms with E-state index in [0.29, 0.717) is 17.9 Å². The number of piperidine rings is 1. The third-order valence-electron chi connectivity index (χ3n) is 6.22. The summed E-state index contributed by atoms with van der Waals surface area (Å²) in [5.41, 5.74) is 5.27. The molecule has 1 aliphatic heterocycles. The molecule has 0 aliphatic carbocycles. The number of likely N-dealkylation sites (tertiary alicyclic amines) is 1. The molecule has 2 heterocycles. The number of rotatable bonds is 6. The Morgan fingerprint density at radius 3 is 2.58 bits per heavy atom. The summed E-state index contributed by atoms with van der Waals surface area (Å²) in [6, 6.07) is 5.83. The summed E-state index contributed by atoms with van der Waals surface area (Å²) in [5.74, 6) is 0.510. The molecular weight excluding hydrogens is 388 g/mol. The molecule has 2 aromatic rings. The zero-order chi connectivity index (χ0) is 22.7. The van der Waals surface area contributed by atoms with E-state index in [1.54, 1.807) is 0 Å². The van der Waals surface area contributed by atoms with Gasteiger partial charge in [0.1, 0.15) is 0 Å². The molecule has 1 aromatic heterocycles. The lowest BCUT2D eigenvalue weighted by Crippen LogP contribution is -2.42. The standard InChI is InChI=1S/C25H36N4O2/c1-16(2)15-29-20(6)22(19(5)27-29)14-24(30)26-23-11-10-21(13-17(23)3)25(31)28-12-8-7-9-18(28)4/h10-11,13,16,18H,7-9,12,14-15H2,1-6H3,(H,26,30). The average Bonchev–Trinajstić information content (AvgIpc) is 2.96. The van der Waals surface area contributed by atoms with Crippen molar-refractivity contribution >= 4 is 17.5 Å². The number of nitrogens with one attached hydrogen (secondary N) is 1.